The molecule has 1 rings (SSSR count). The maximum absolute atomic E-state index is 14.0. The van der Waals surface area contributed by atoms with Crippen LogP contribution in [0.3, 0.4) is 0 Å². The molecule has 0 bridgehead atoms. The summed E-state index contributed by atoms with van der Waals surface area (Å²) in [7, 11) is 0. The van der Waals surface area contributed by atoms with Crippen molar-refractivity contribution in [2.24, 2.45) is 29.6 Å². The van der Waals surface area contributed by atoms with Crippen molar-refractivity contribution in [2.45, 2.75) is 91.3 Å². The van der Waals surface area contributed by atoms with Crippen LogP contribution in [-0.4, -0.2) is 37.3 Å². The molecule has 1 aliphatic rings. The van der Waals surface area contributed by atoms with Crippen LogP contribution in [0.4, 0.5) is 26.3 Å². The van der Waals surface area contributed by atoms with Gasteiger partial charge in [-0.05, 0) is 36.5 Å². The minimum Gasteiger partial charge on any atom is -0.377 e. The molecular formula is C21H36F6O2. The van der Waals surface area contributed by atoms with Crippen molar-refractivity contribution in [3.8, 4) is 0 Å². The van der Waals surface area contributed by atoms with Crippen molar-refractivity contribution in [2.75, 3.05) is 13.2 Å². The molecule has 0 N–H and O–H groups in total. The van der Waals surface area contributed by atoms with Gasteiger partial charge < -0.3 is 9.47 Å². The molecule has 0 aromatic rings. The monoisotopic (exact) mass is 434 g/mol. The fourth-order valence-corrected chi connectivity index (χ4v) is 4.17. The SMILES string of the molecule is CCC(C)COC1C(C)CC(C(OCC(C)CC)(C(F)(F)F)C(F)(F)F)CC1C. The average molecular weight is 435 g/mol. The molecule has 29 heavy (non-hydrogen) atoms. The van der Waals surface area contributed by atoms with Crippen molar-refractivity contribution < 1.29 is 35.8 Å². The fraction of sp³-hybridized carbons (Fsp3) is 1.00. The van der Waals surface area contributed by atoms with Crippen LogP contribution in [0.1, 0.15) is 67.2 Å². The summed E-state index contributed by atoms with van der Waals surface area (Å²) in [4.78, 5) is 0. The smallest absolute Gasteiger partial charge is 0.377 e. The van der Waals surface area contributed by atoms with Gasteiger partial charge in [-0.25, -0.2) is 0 Å². The highest BCUT2D eigenvalue weighted by Gasteiger charge is 2.76. The molecule has 2 nitrogen and oxygen atoms in total. The predicted octanol–water partition coefficient (Wildman–Crippen LogP) is 7.03. The van der Waals surface area contributed by atoms with Crippen LogP contribution in [0.25, 0.3) is 0 Å². The minimum atomic E-state index is -5.55. The molecule has 174 valence electrons. The summed E-state index contributed by atoms with van der Waals surface area (Å²) in [5.74, 6) is -2.66. The van der Waals surface area contributed by atoms with Crippen LogP contribution >= 0.6 is 0 Å². The Balaban J connectivity index is 3.17. The Morgan fingerprint density at radius 1 is 0.793 bits per heavy atom. The molecule has 1 fully saturated rings. The second-order valence-corrected chi connectivity index (χ2v) is 8.99. The largest absolute Gasteiger partial charge is 0.426 e. The summed E-state index contributed by atoms with van der Waals surface area (Å²) in [6.45, 7) is 10.5. The highest BCUT2D eigenvalue weighted by molar-refractivity contribution is 5.04. The van der Waals surface area contributed by atoms with Crippen molar-refractivity contribution in [3.63, 3.8) is 0 Å². The van der Waals surface area contributed by atoms with Crippen LogP contribution < -0.4 is 0 Å². The fourth-order valence-electron chi connectivity index (χ4n) is 4.17. The molecule has 0 aromatic carbocycles. The summed E-state index contributed by atoms with van der Waals surface area (Å²) < 4.78 is 94.6. The molecule has 0 aliphatic heterocycles. The lowest BCUT2D eigenvalue weighted by atomic mass is 9.67. The highest BCUT2D eigenvalue weighted by atomic mass is 19.4. The van der Waals surface area contributed by atoms with E-state index < -0.39 is 48.2 Å². The van der Waals surface area contributed by atoms with E-state index in [9.17, 15) is 26.3 Å². The van der Waals surface area contributed by atoms with E-state index in [1.165, 1.54) is 0 Å². The number of hydrogen-bond acceptors (Lipinski definition) is 2. The Morgan fingerprint density at radius 3 is 1.59 bits per heavy atom. The zero-order chi connectivity index (χ0) is 22.6. The third kappa shape index (κ3) is 6.02. The first-order chi connectivity index (χ1) is 13.2. The minimum absolute atomic E-state index is 0.241. The molecule has 0 spiro atoms. The molecule has 0 amide bonds. The first-order valence-corrected chi connectivity index (χ1v) is 10.6. The lowest BCUT2D eigenvalue weighted by Crippen LogP contribution is -2.65. The van der Waals surface area contributed by atoms with Gasteiger partial charge in [-0.15, -0.1) is 0 Å². The Kier molecular flexibility index (Phi) is 9.34. The van der Waals surface area contributed by atoms with Crippen molar-refractivity contribution in [1.82, 2.24) is 0 Å². The Labute approximate surface area is 170 Å². The summed E-state index contributed by atoms with van der Waals surface area (Å²) in [5.41, 5.74) is -4.15. The molecule has 0 saturated heterocycles. The zero-order valence-electron chi connectivity index (χ0n) is 18.3. The van der Waals surface area contributed by atoms with E-state index in [-0.39, 0.29) is 24.9 Å². The summed E-state index contributed by atoms with van der Waals surface area (Å²) >= 11 is 0. The Hall–Kier alpha value is -0.500. The molecule has 0 radical (unpaired) electrons. The van der Waals surface area contributed by atoms with Crippen LogP contribution in [0, 0.1) is 29.6 Å². The lowest BCUT2D eigenvalue weighted by molar-refractivity contribution is -0.404. The summed E-state index contributed by atoms with van der Waals surface area (Å²) in [6.07, 6.45) is -10.6. The van der Waals surface area contributed by atoms with Gasteiger partial charge in [-0.1, -0.05) is 54.4 Å². The molecule has 4 unspecified atom stereocenters. The van der Waals surface area contributed by atoms with E-state index in [0.717, 1.165) is 6.42 Å². The van der Waals surface area contributed by atoms with Gasteiger partial charge in [0.25, 0.3) is 5.60 Å². The molecule has 8 heteroatoms. The van der Waals surface area contributed by atoms with Gasteiger partial charge in [0, 0.05) is 12.5 Å². The Morgan fingerprint density at radius 2 is 1.21 bits per heavy atom. The summed E-state index contributed by atoms with van der Waals surface area (Å²) in [6, 6.07) is 0. The second kappa shape index (κ2) is 10.2. The van der Waals surface area contributed by atoms with Gasteiger partial charge in [0.2, 0.25) is 0 Å². The molecule has 1 saturated carbocycles. The van der Waals surface area contributed by atoms with E-state index in [1.807, 2.05) is 13.8 Å². The van der Waals surface area contributed by atoms with Crippen LogP contribution in [0.15, 0.2) is 0 Å². The van der Waals surface area contributed by atoms with E-state index in [1.54, 1.807) is 27.7 Å². The average Bonchev–Trinajstić information content (AvgIpc) is 2.58. The zero-order valence-corrected chi connectivity index (χ0v) is 18.3. The van der Waals surface area contributed by atoms with Crippen LogP contribution in [-0.2, 0) is 9.47 Å². The quantitative estimate of drug-likeness (QED) is 0.363. The van der Waals surface area contributed by atoms with Gasteiger partial charge in [-0.3, -0.25) is 0 Å². The third-order valence-electron chi connectivity index (χ3n) is 6.41. The van der Waals surface area contributed by atoms with Crippen LogP contribution in [0.5, 0.6) is 0 Å². The number of halogens is 6. The van der Waals surface area contributed by atoms with E-state index in [2.05, 4.69) is 0 Å². The highest BCUT2D eigenvalue weighted by Crippen LogP contribution is 2.56. The maximum atomic E-state index is 14.0. The molecule has 0 heterocycles. The molecule has 4 atom stereocenters. The van der Waals surface area contributed by atoms with Gasteiger partial charge in [0.1, 0.15) is 0 Å². The normalized spacial score (nSPS) is 29.0. The summed E-state index contributed by atoms with van der Waals surface area (Å²) in [5, 5.41) is 0. The first kappa shape index (κ1) is 26.5. The second-order valence-electron chi connectivity index (χ2n) is 8.99. The van der Waals surface area contributed by atoms with Crippen LogP contribution in [0.2, 0.25) is 0 Å². The van der Waals surface area contributed by atoms with E-state index in [4.69, 9.17) is 9.47 Å². The predicted molar refractivity (Wildman–Crippen MR) is 100 cm³/mol. The maximum Gasteiger partial charge on any atom is 0.426 e. The van der Waals surface area contributed by atoms with Gasteiger partial charge >= 0.3 is 12.4 Å². The lowest BCUT2D eigenvalue weighted by Gasteiger charge is -2.49. The molecule has 1 aliphatic carbocycles. The van der Waals surface area contributed by atoms with Crippen molar-refractivity contribution in [3.05, 3.63) is 0 Å². The van der Waals surface area contributed by atoms with Gasteiger partial charge in [-0.2, -0.15) is 26.3 Å². The third-order valence-corrected chi connectivity index (χ3v) is 6.41. The molecular weight excluding hydrogens is 398 g/mol. The number of alkyl halides is 6. The molecule has 0 aromatic heterocycles. The van der Waals surface area contributed by atoms with Crippen molar-refractivity contribution >= 4 is 0 Å². The van der Waals surface area contributed by atoms with E-state index in [0.29, 0.717) is 13.0 Å². The van der Waals surface area contributed by atoms with E-state index >= 15 is 0 Å². The number of rotatable bonds is 9. The van der Waals surface area contributed by atoms with Crippen molar-refractivity contribution in [1.29, 1.82) is 0 Å². The topological polar surface area (TPSA) is 18.5 Å². The number of ether oxygens (including phenoxy) is 2. The van der Waals surface area contributed by atoms with Gasteiger partial charge in [0.05, 0.1) is 12.7 Å². The van der Waals surface area contributed by atoms with Gasteiger partial charge in [0.15, 0.2) is 0 Å². The first-order valence-electron chi connectivity index (χ1n) is 10.6. The number of hydrogen-bond donors (Lipinski definition) is 0. The standard InChI is InChI=1S/C21H36F6O2/c1-7-13(3)11-28-18-15(5)9-17(10-16(18)6)19(20(22,23)24,21(25,26)27)29-12-14(4)8-2/h13-18H,7-12H2,1-6H3. The Bertz CT molecular complexity index is 465.